The normalized spacial score (nSPS) is 21.8. The van der Waals surface area contributed by atoms with E-state index in [9.17, 15) is 4.79 Å². The summed E-state index contributed by atoms with van der Waals surface area (Å²) in [6.45, 7) is 2.78. The molecule has 6 heteroatoms. The van der Waals surface area contributed by atoms with Gasteiger partial charge in [0.1, 0.15) is 0 Å². The summed E-state index contributed by atoms with van der Waals surface area (Å²) in [5, 5.41) is 4.49. The van der Waals surface area contributed by atoms with Crippen molar-refractivity contribution < 1.29 is 4.79 Å². The van der Waals surface area contributed by atoms with Gasteiger partial charge in [-0.15, -0.1) is 0 Å². The average Bonchev–Trinajstić information content (AvgIpc) is 3.27. The molecular formula is C16H19N5O. The average molecular weight is 297 g/mol. The van der Waals surface area contributed by atoms with Crippen LogP contribution in [-0.2, 0) is 4.79 Å². The molecule has 0 aliphatic carbocycles. The zero-order valence-corrected chi connectivity index (χ0v) is 12.4. The first-order chi connectivity index (χ1) is 10.8. The highest BCUT2D eigenvalue weighted by molar-refractivity contribution is 5.95. The predicted octanol–water partition coefficient (Wildman–Crippen LogP) is 1.86. The smallest absolute Gasteiger partial charge is 0.227 e. The second kappa shape index (κ2) is 5.44. The van der Waals surface area contributed by atoms with Gasteiger partial charge in [0.05, 0.1) is 17.9 Å². The Kier molecular flexibility index (Phi) is 3.29. The van der Waals surface area contributed by atoms with Gasteiger partial charge in [0, 0.05) is 50.3 Å². The molecular weight excluding hydrogens is 278 g/mol. The van der Waals surface area contributed by atoms with Crippen LogP contribution in [0.1, 0.15) is 25.3 Å². The number of aromatic nitrogens is 3. The maximum Gasteiger partial charge on any atom is 0.227 e. The molecule has 4 rings (SSSR count). The van der Waals surface area contributed by atoms with Crippen molar-refractivity contribution in [1.29, 1.82) is 0 Å². The maximum absolute atomic E-state index is 11.8. The van der Waals surface area contributed by atoms with E-state index in [1.165, 1.54) is 5.69 Å². The second-order valence-electron chi connectivity index (χ2n) is 5.92. The first-order valence-corrected chi connectivity index (χ1v) is 7.81. The number of pyridine rings is 1. The zero-order valence-electron chi connectivity index (χ0n) is 12.4. The SMILES string of the molecule is O=C1CCCN1c1cnn(C2CCN(c3ccncc3)C2)c1. The molecule has 2 aliphatic heterocycles. The molecule has 2 aliphatic rings. The lowest BCUT2D eigenvalue weighted by atomic mass is 10.3. The summed E-state index contributed by atoms with van der Waals surface area (Å²) in [7, 11) is 0. The Bertz CT molecular complexity index is 668. The van der Waals surface area contributed by atoms with E-state index in [1.807, 2.05) is 46.5 Å². The van der Waals surface area contributed by atoms with Crippen LogP contribution in [0, 0.1) is 0 Å². The Hall–Kier alpha value is -2.37. The first-order valence-electron chi connectivity index (χ1n) is 7.81. The molecule has 1 atom stereocenters. The molecule has 6 nitrogen and oxygen atoms in total. The summed E-state index contributed by atoms with van der Waals surface area (Å²) in [6, 6.07) is 4.44. The van der Waals surface area contributed by atoms with Gasteiger partial charge in [-0.2, -0.15) is 5.10 Å². The van der Waals surface area contributed by atoms with Crippen molar-refractivity contribution in [3.05, 3.63) is 36.9 Å². The van der Waals surface area contributed by atoms with Crippen molar-refractivity contribution in [1.82, 2.24) is 14.8 Å². The van der Waals surface area contributed by atoms with Crippen LogP contribution < -0.4 is 9.80 Å². The molecule has 2 aromatic heterocycles. The van der Waals surface area contributed by atoms with E-state index in [2.05, 4.69) is 15.0 Å². The van der Waals surface area contributed by atoms with E-state index in [4.69, 9.17) is 0 Å². The molecule has 0 N–H and O–H groups in total. The Morgan fingerprint density at radius 1 is 1.14 bits per heavy atom. The summed E-state index contributed by atoms with van der Waals surface area (Å²) in [5.41, 5.74) is 2.14. The van der Waals surface area contributed by atoms with Gasteiger partial charge in [0.25, 0.3) is 0 Å². The molecule has 0 radical (unpaired) electrons. The summed E-state index contributed by atoms with van der Waals surface area (Å²) in [6.07, 6.45) is 10.2. The molecule has 2 fully saturated rings. The van der Waals surface area contributed by atoms with Crippen molar-refractivity contribution >= 4 is 17.3 Å². The van der Waals surface area contributed by atoms with Crippen molar-refractivity contribution in [3.8, 4) is 0 Å². The van der Waals surface area contributed by atoms with Crippen LogP contribution in [-0.4, -0.2) is 40.3 Å². The van der Waals surface area contributed by atoms with Gasteiger partial charge in [-0.1, -0.05) is 0 Å². The van der Waals surface area contributed by atoms with Gasteiger partial charge < -0.3 is 9.80 Å². The van der Waals surface area contributed by atoms with Gasteiger partial charge in [-0.3, -0.25) is 14.5 Å². The van der Waals surface area contributed by atoms with Crippen LogP contribution in [0.2, 0.25) is 0 Å². The fraction of sp³-hybridized carbons (Fsp3) is 0.438. The molecule has 0 spiro atoms. The van der Waals surface area contributed by atoms with Crippen molar-refractivity contribution in [2.45, 2.75) is 25.3 Å². The summed E-state index contributed by atoms with van der Waals surface area (Å²) in [5.74, 6) is 0.212. The minimum Gasteiger partial charge on any atom is -0.369 e. The quantitative estimate of drug-likeness (QED) is 0.867. The van der Waals surface area contributed by atoms with Crippen molar-refractivity contribution in [3.63, 3.8) is 0 Å². The van der Waals surface area contributed by atoms with Crippen molar-refractivity contribution in [2.24, 2.45) is 0 Å². The minimum absolute atomic E-state index is 0.212. The molecule has 2 saturated heterocycles. The van der Waals surface area contributed by atoms with Crippen LogP contribution in [0.15, 0.2) is 36.9 Å². The Morgan fingerprint density at radius 3 is 2.77 bits per heavy atom. The molecule has 2 aromatic rings. The third kappa shape index (κ3) is 2.34. The number of carbonyl (C=O) groups excluding carboxylic acids is 1. The molecule has 0 bridgehead atoms. The van der Waals surface area contributed by atoms with Crippen molar-refractivity contribution in [2.75, 3.05) is 29.4 Å². The third-order valence-corrected chi connectivity index (χ3v) is 4.54. The number of carbonyl (C=O) groups is 1. The molecule has 1 amide bonds. The van der Waals surface area contributed by atoms with E-state index in [1.54, 1.807) is 0 Å². The second-order valence-corrected chi connectivity index (χ2v) is 5.92. The van der Waals surface area contributed by atoms with E-state index in [0.29, 0.717) is 12.5 Å². The summed E-state index contributed by atoms with van der Waals surface area (Å²) >= 11 is 0. The van der Waals surface area contributed by atoms with Gasteiger partial charge in [0.2, 0.25) is 5.91 Å². The Balaban J connectivity index is 1.47. The Morgan fingerprint density at radius 2 is 2.00 bits per heavy atom. The summed E-state index contributed by atoms with van der Waals surface area (Å²) in [4.78, 5) is 20.1. The molecule has 1 unspecified atom stereocenters. The third-order valence-electron chi connectivity index (χ3n) is 4.54. The van der Waals surface area contributed by atoms with E-state index < -0.39 is 0 Å². The molecule has 4 heterocycles. The van der Waals surface area contributed by atoms with Gasteiger partial charge in [0.15, 0.2) is 0 Å². The minimum atomic E-state index is 0.212. The largest absolute Gasteiger partial charge is 0.369 e. The topological polar surface area (TPSA) is 54.3 Å². The fourth-order valence-electron chi connectivity index (χ4n) is 3.34. The highest BCUT2D eigenvalue weighted by Crippen LogP contribution is 2.28. The van der Waals surface area contributed by atoms with Crippen LogP contribution >= 0.6 is 0 Å². The molecule has 114 valence electrons. The number of anilines is 2. The molecule has 22 heavy (non-hydrogen) atoms. The number of hydrogen-bond acceptors (Lipinski definition) is 4. The van der Waals surface area contributed by atoms with Crippen LogP contribution in [0.25, 0.3) is 0 Å². The number of nitrogens with zero attached hydrogens (tertiary/aromatic N) is 5. The summed E-state index contributed by atoms with van der Waals surface area (Å²) < 4.78 is 2.02. The maximum atomic E-state index is 11.8. The zero-order chi connectivity index (χ0) is 14.9. The van der Waals surface area contributed by atoms with Gasteiger partial charge in [-0.05, 0) is 25.0 Å². The van der Waals surface area contributed by atoms with Gasteiger partial charge >= 0.3 is 0 Å². The highest BCUT2D eigenvalue weighted by Gasteiger charge is 2.27. The van der Waals surface area contributed by atoms with Gasteiger partial charge in [-0.25, -0.2) is 0 Å². The van der Waals surface area contributed by atoms with Crippen LogP contribution in [0.3, 0.4) is 0 Å². The van der Waals surface area contributed by atoms with Crippen LogP contribution in [0.5, 0.6) is 0 Å². The molecule has 0 saturated carbocycles. The first kappa shape index (κ1) is 13.3. The number of amides is 1. The number of rotatable bonds is 3. The monoisotopic (exact) mass is 297 g/mol. The predicted molar refractivity (Wildman–Crippen MR) is 83.9 cm³/mol. The lowest BCUT2D eigenvalue weighted by Crippen LogP contribution is -2.23. The fourth-order valence-corrected chi connectivity index (χ4v) is 3.34. The number of hydrogen-bond donors (Lipinski definition) is 0. The van der Waals surface area contributed by atoms with E-state index in [0.717, 1.165) is 38.2 Å². The Labute approximate surface area is 129 Å². The molecule has 0 aromatic carbocycles. The lowest BCUT2D eigenvalue weighted by molar-refractivity contribution is -0.117. The van der Waals surface area contributed by atoms with E-state index in [-0.39, 0.29) is 5.91 Å². The van der Waals surface area contributed by atoms with Crippen LogP contribution in [0.4, 0.5) is 11.4 Å². The highest BCUT2D eigenvalue weighted by atomic mass is 16.2. The lowest BCUT2D eigenvalue weighted by Gasteiger charge is -2.18. The van der Waals surface area contributed by atoms with E-state index >= 15 is 0 Å². The standard InChI is InChI=1S/C16H19N5O/c22-16-2-1-8-20(16)15-10-18-21(12-15)14-5-9-19(11-14)13-3-6-17-7-4-13/h3-4,6-7,10,12,14H,1-2,5,8-9,11H2.